The fraction of sp³-hybridized carbons (Fsp3) is 0.471. The van der Waals surface area contributed by atoms with Gasteiger partial charge in [0.25, 0.3) is 0 Å². The van der Waals surface area contributed by atoms with Gasteiger partial charge in [-0.2, -0.15) is 0 Å². The molecule has 1 aliphatic rings. The lowest BCUT2D eigenvalue weighted by atomic mass is 10.2. The molecule has 0 aliphatic carbocycles. The molecule has 22 heavy (non-hydrogen) atoms. The Balaban J connectivity index is 1.85. The molecular formula is C17H22N2O3. The number of benzene rings is 1. The third-order valence-electron chi connectivity index (χ3n) is 3.58. The minimum absolute atomic E-state index is 0.252. The summed E-state index contributed by atoms with van der Waals surface area (Å²) in [5.74, 6) is -0.171. The summed E-state index contributed by atoms with van der Waals surface area (Å²) in [6.45, 7) is 9.49. The number of ether oxygens (including phenoxy) is 1. The first-order valence-electron chi connectivity index (χ1n) is 7.65. The maximum Gasteiger partial charge on any atom is 0.374 e. The van der Waals surface area contributed by atoms with Crippen LogP contribution in [-0.4, -0.2) is 37.7 Å². The van der Waals surface area contributed by atoms with Gasteiger partial charge < -0.3 is 19.4 Å². The minimum atomic E-state index is -0.526. The third-order valence-corrected chi connectivity index (χ3v) is 3.58. The van der Waals surface area contributed by atoms with Gasteiger partial charge in [0.1, 0.15) is 11.2 Å². The van der Waals surface area contributed by atoms with Crippen molar-refractivity contribution in [3.8, 4) is 0 Å². The smallest absolute Gasteiger partial charge is 0.374 e. The molecule has 0 spiro atoms. The van der Waals surface area contributed by atoms with E-state index in [1.165, 1.54) is 0 Å². The van der Waals surface area contributed by atoms with E-state index in [0.29, 0.717) is 5.58 Å². The molecule has 0 atom stereocenters. The molecular weight excluding hydrogens is 280 g/mol. The van der Waals surface area contributed by atoms with Crippen LogP contribution in [-0.2, 0) is 4.74 Å². The van der Waals surface area contributed by atoms with Crippen molar-refractivity contribution < 1.29 is 13.9 Å². The number of hydrogen-bond acceptors (Lipinski definition) is 5. The number of hydrogen-bond donors (Lipinski definition) is 1. The fourth-order valence-electron chi connectivity index (χ4n) is 2.58. The van der Waals surface area contributed by atoms with Gasteiger partial charge in [-0.05, 0) is 45.0 Å². The van der Waals surface area contributed by atoms with Gasteiger partial charge in [0.2, 0.25) is 5.76 Å². The van der Waals surface area contributed by atoms with Crippen molar-refractivity contribution in [1.82, 2.24) is 5.32 Å². The van der Waals surface area contributed by atoms with E-state index in [-0.39, 0.29) is 5.76 Å². The third kappa shape index (κ3) is 3.25. The topological polar surface area (TPSA) is 54.7 Å². The number of nitrogens with one attached hydrogen (secondary N) is 1. The summed E-state index contributed by atoms with van der Waals surface area (Å²) in [5, 5.41) is 4.27. The van der Waals surface area contributed by atoms with Gasteiger partial charge in [0.15, 0.2) is 0 Å². The number of furan rings is 1. The molecule has 1 fully saturated rings. The van der Waals surface area contributed by atoms with Gasteiger partial charge in [-0.25, -0.2) is 4.79 Å². The van der Waals surface area contributed by atoms with E-state index in [2.05, 4.69) is 16.3 Å². The molecule has 0 amide bonds. The van der Waals surface area contributed by atoms with Crippen LogP contribution in [0.2, 0.25) is 0 Å². The lowest BCUT2D eigenvalue weighted by Gasteiger charge is -2.29. The second-order valence-electron chi connectivity index (χ2n) is 6.57. The Morgan fingerprint density at radius 3 is 2.64 bits per heavy atom. The van der Waals surface area contributed by atoms with Crippen LogP contribution in [0.3, 0.4) is 0 Å². The quantitative estimate of drug-likeness (QED) is 0.865. The molecule has 118 valence electrons. The number of esters is 1. The summed E-state index contributed by atoms with van der Waals surface area (Å²) >= 11 is 0. The van der Waals surface area contributed by atoms with Crippen molar-refractivity contribution in [2.75, 3.05) is 31.1 Å². The van der Waals surface area contributed by atoms with Crippen molar-refractivity contribution in [2.24, 2.45) is 0 Å². The highest BCUT2D eigenvalue weighted by molar-refractivity contribution is 5.93. The Bertz CT molecular complexity index is 679. The summed E-state index contributed by atoms with van der Waals surface area (Å²) in [6.07, 6.45) is 0. The van der Waals surface area contributed by atoms with Gasteiger partial charge in [-0.15, -0.1) is 0 Å². The second-order valence-corrected chi connectivity index (χ2v) is 6.57. The van der Waals surface area contributed by atoms with Gasteiger partial charge in [-0.3, -0.25) is 0 Å². The molecule has 1 N–H and O–H groups in total. The van der Waals surface area contributed by atoms with Gasteiger partial charge in [0, 0.05) is 37.3 Å². The summed E-state index contributed by atoms with van der Waals surface area (Å²) in [4.78, 5) is 14.4. The predicted octanol–water partition coefficient (Wildman–Crippen LogP) is 2.80. The average molecular weight is 302 g/mol. The first-order valence-corrected chi connectivity index (χ1v) is 7.65. The van der Waals surface area contributed by atoms with Gasteiger partial charge in [-0.1, -0.05) is 0 Å². The Labute approximate surface area is 130 Å². The van der Waals surface area contributed by atoms with E-state index in [9.17, 15) is 4.79 Å². The predicted molar refractivity (Wildman–Crippen MR) is 86.5 cm³/mol. The number of carbonyl (C=O) groups is 1. The Morgan fingerprint density at radius 2 is 1.95 bits per heavy atom. The Kier molecular flexibility index (Phi) is 3.83. The number of piperazine rings is 1. The molecule has 5 nitrogen and oxygen atoms in total. The zero-order valence-corrected chi connectivity index (χ0v) is 13.3. The highest BCUT2D eigenvalue weighted by Crippen LogP contribution is 2.26. The highest BCUT2D eigenvalue weighted by atomic mass is 16.6. The molecule has 1 saturated heterocycles. The maximum absolute atomic E-state index is 12.1. The van der Waals surface area contributed by atoms with E-state index in [1.54, 1.807) is 6.07 Å². The van der Waals surface area contributed by atoms with Crippen LogP contribution in [0.25, 0.3) is 11.0 Å². The molecule has 1 aromatic heterocycles. The van der Waals surface area contributed by atoms with Crippen molar-refractivity contribution in [3.63, 3.8) is 0 Å². The van der Waals surface area contributed by atoms with Crippen LogP contribution in [0.5, 0.6) is 0 Å². The van der Waals surface area contributed by atoms with Gasteiger partial charge >= 0.3 is 5.97 Å². The molecule has 0 bridgehead atoms. The van der Waals surface area contributed by atoms with Crippen LogP contribution in [0.15, 0.2) is 28.7 Å². The van der Waals surface area contributed by atoms with Crippen molar-refractivity contribution >= 4 is 22.6 Å². The van der Waals surface area contributed by atoms with Crippen LogP contribution in [0, 0.1) is 0 Å². The van der Waals surface area contributed by atoms with E-state index in [4.69, 9.17) is 9.15 Å². The van der Waals surface area contributed by atoms with Crippen LogP contribution in [0.4, 0.5) is 5.69 Å². The molecule has 0 unspecified atom stereocenters. The lowest BCUT2D eigenvalue weighted by Crippen LogP contribution is -2.43. The van der Waals surface area contributed by atoms with Crippen molar-refractivity contribution in [2.45, 2.75) is 26.4 Å². The highest BCUT2D eigenvalue weighted by Gasteiger charge is 2.21. The number of rotatable bonds is 2. The van der Waals surface area contributed by atoms with Gasteiger partial charge in [0.05, 0.1) is 0 Å². The molecule has 5 heteroatoms. The summed E-state index contributed by atoms with van der Waals surface area (Å²) in [7, 11) is 0. The second kappa shape index (κ2) is 5.65. The standard InChI is InChI=1S/C17H22N2O3/c1-17(2,3)22-16(20)15-11-12-10-13(4-5-14(12)21-15)19-8-6-18-7-9-19/h4-5,10-11,18H,6-9H2,1-3H3. The molecule has 1 aliphatic heterocycles. The first kappa shape index (κ1) is 14.9. The molecule has 2 heterocycles. The monoisotopic (exact) mass is 302 g/mol. The summed E-state index contributed by atoms with van der Waals surface area (Å²) < 4.78 is 11.0. The minimum Gasteiger partial charge on any atom is -0.454 e. The normalized spacial score (nSPS) is 16.0. The molecule has 3 rings (SSSR count). The van der Waals surface area contributed by atoms with E-state index in [1.807, 2.05) is 32.9 Å². The summed E-state index contributed by atoms with van der Waals surface area (Å²) in [6, 6.07) is 7.78. The SMILES string of the molecule is CC(C)(C)OC(=O)c1cc2cc(N3CCNCC3)ccc2o1. The van der Waals surface area contributed by atoms with Crippen LogP contribution in [0.1, 0.15) is 31.3 Å². The maximum atomic E-state index is 12.1. The van der Waals surface area contributed by atoms with E-state index < -0.39 is 11.6 Å². The zero-order chi connectivity index (χ0) is 15.7. The molecule has 2 aromatic rings. The number of anilines is 1. The van der Waals surface area contributed by atoms with E-state index in [0.717, 1.165) is 37.3 Å². The number of fused-ring (bicyclic) bond motifs is 1. The largest absolute Gasteiger partial charge is 0.454 e. The number of carbonyl (C=O) groups excluding carboxylic acids is 1. The molecule has 1 aromatic carbocycles. The first-order chi connectivity index (χ1) is 10.4. The fourth-order valence-corrected chi connectivity index (χ4v) is 2.58. The van der Waals surface area contributed by atoms with Crippen LogP contribution < -0.4 is 10.2 Å². The number of nitrogens with zero attached hydrogens (tertiary/aromatic N) is 1. The van der Waals surface area contributed by atoms with Crippen LogP contribution >= 0.6 is 0 Å². The zero-order valence-electron chi connectivity index (χ0n) is 13.3. The molecule has 0 radical (unpaired) electrons. The average Bonchev–Trinajstić information content (AvgIpc) is 2.89. The Morgan fingerprint density at radius 1 is 1.23 bits per heavy atom. The Hall–Kier alpha value is -2.01. The summed E-state index contributed by atoms with van der Waals surface area (Å²) in [5.41, 5.74) is 1.34. The van der Waals surface area contributed by atoms with Crippen molar-refractivity contribution in [1.29, 1.82) is 0 Å². The van der Waals surface area contributed by atoms with E-state index >= 15 is 0 Å². The van der Waals surface area contributed by atoms with Crippen molar-refractivity contribution in [3.05, 3.63) is 30.0 Å². The lowest BCUT2D eigenvalue weighted by molar-refractivity contribution is 0.00382. The molecule has 0 saturated carbocycles.